The quantitative estimate of drug-likeness (QED) is 0.604. The molecule has 0 aromatic carbocycles. The molecule has 2 fully saturated rings. The van der Waals surface area contributed by atoms with Gasteiger partial charge in [0.15, 0.2) is 0 Å². The molecule has 0 aliphatic carbocycles. The summed E-state index contributed by atoms with van der Waals surface area (Å²) in [4.78, 5) is 62.8. The van der Waals surface area contributed by atoms with Gasteiger partial charge in [0.25, 0.3) is 5.56 Å². The first-order valence-electron chi connectivity index (χ1n) is 7.22. The van der Waals surface area contributed by atoms with Crippen LogP contribution in [0.25, 0.3) is 0 Å². The first-order chi connectivity index (χ1) is 10.8. The number of aromatic nitrogens is 2. The number of carbonyl (C=O) groups excluding carboxylic acids is 3. The number of H-pyrrole nitrogens is 1. The summed E-state index contributed by atoms with van der Waals surface area (Å²) in [5, 5.41) is 2.27. The van der Waals surface area contributed by atoms with Crippen LogP contribution in [0.15, 0.2) is 15.8 Å². The molecule has 0 unspecified atom stereocenters. The van der Waals surface area contributed by atoms with E-state index in [1.54, 1.807) is 0 Å². The third-order valence-corrected chi connectivity index (χ3v) is 4.54. The van der Waals surface area contributed by atoms with Crippen molar-refractivity contribution in [3.63, 3.8) is 0 Å². The van der Waals surface area contributed by atoms with Crippen molar-refractivity contribution in [1.82, 2.24) is 19.8 Å². The first-order valence-corrected chi connectivity index (χ1v) is 7.22. The predicted octanol–water partition coefficient (Wildman–Crippen LogP) is -2.12. The lowest BCUT2D eigenvalue weighted by Gasteiger charge is -2.20. The zero-order valence-electron chi connectivity index (χ0n) is 12.5. The van der Waals surface area contributed by atoms with E-state index in [-0.39, 0.29) is 42.7 Å². The number of imide groups is 1. The Hall–Kier alpha value is -2.71. The van der Waals surface area contributed by atoms with Gasteiger partial charge in [0.2, 0.25) is 17.7 Å². The number of nitrogens with one attached hydrogen (secondary N) is 2. The van der Waals surface area contributed by atoms with Crippen LogP contribution in [0.3, 0.4) is 0 Å². The van der Waals surface area contributed by atoms with Crippen LogP contribution in [0, 0.1) is 5.41 Å². The summed E-state index contributed by atoms with van der Waals surface area (Å²) in [6.07, 6.45) is 1.60. The highest BCUT2D eigenvalue weighted by Crippen LogP contribution is 2.37. The second-order valence-corrected chi connectivity index (χ2v) is 6.06. The molecule has 1 atom stereocenters. The number of aromatic amines is 1. The lowest BCUT2D eigenvalue weighted by atomic mass is 9.85. The summed E-state index contributed by atoms with van der Waals surface area (Å²) in [6, 6.07) is 0. The molecule has 3 rings (SSSR count). The maximum Gasteiger partial charge on any atom is 0.328 e. The number of amides is 3. The Morgan fingerprint density at radius 2 is 2.04 bits per heavy atom. The first kappa shape index (κ1) is 15.2. The number of carbonyl (C=O) groups is 3. The van der Waals surface area contributed by atoms with Crippen molar-refractivity contribution in [2.24, 2.45) is 12.5 Å². The van der Waals surface area contributed by atoms with Crippen molar-refractivity contribution in [2.45, 2.75) is 19.3 Å². The highest BCUT2D eigenvalue weighted by Gasteiger charge is 2.51. The fourth-order valence-corrected chi connectivity index (χ4v) is 3.12. The molecule has 0 bridgehead atoms. The summed E-state index contributed by atoms with van der Waals surface area (Å²) in [6.45, 7) is 0.538. The molecule has 1 spiro atoms. The molecule has 3 amide bonds. The van der Waals surface area contributed by atoms with Crippen LogP contribution in [0.5, 0.6) is 0 Å². The van der Waals surface area contributed by atoms with Crippen LogP contribution in [0.4, 0.5) is 0 Å². The molecular formula is C14H16N4O5. The van der Waals surface area contributed by atoms with Gasteiger partial charge in [-0.15, -0.1) is 0 Å². The smallest absolute Gasteiger partial charge is 0.328 e. The topological polar surface area (TPSA) is 121 Å². The summed E-state index contributed by atoms with van der Waals surface area (Å²) in [5.74, 6) is -0.963. The average molecular weight is 320 g/mol. The molecule has 2 N–H and O–H groups in total. The van der Waals surface area contributed by atoms with Gasteiger partial charge in [-0.3, -0.25) is 29.1 Å². The van der Waals surface area contributed by atoms with Crippen molar-refractivity contribution >= 4 is 17.7 Å². The van der Waals surface area contributed by atoms with E-state index in [9.17, 15) is 24.0 Å². The van der Waals surface area contributed by atoms with Crippen molar-refractivity contribution in [3.05, 3.63) is 32.6 Å². The van der Waals surface area contributed by atoms with Gasteiger partial charge in [-0.05, 0) is 6.42 Å². The maximum atomic E-state index is 12.4. The van der Waals surface area contributed by atoms with Gasteiger partial charge < -0.3 is 9.88 Å². The van der Waals surface area contributed by atoms with E-state index in [1.807, 2.05) is 0 Å². The summed E-state index contributed by atoms with van der Waals surface area (Å²) in [7, 11) is 1.33. The van der Waals surface area contributed by atoms with Gasteiger partial charge in [0.05, 0.1) is 11.8 Å². The third-order valence-electron chi connectivity index (χ3n) is 4.54. The molecule has 9 heteroatoms. The predicted molar refractivity (Wildman–Crippen MR) is 77.4 cm³/mol. The molecule has 1 aromatic heterocycles. The zero-order valence-corrected chi connectivity index (χ0v) is 12.5. The van der Waals surface area contributed by atoms with Crippen molar-refractivity contribution < 1.29 is 14.4 Å². The van der Waals surface area contributed by atoms with E-state index in [1.165, 1.54) is 18.1 Å². The monoisotopic (exact) mass is 320 g/mol. The summed E-state index contributed by atoms with van der Waals surface area (Å²) < 4.78 is 0.900. The van der Waals surface area contributed by atoms with Crippen LogP contribution < -0.4 is 16.6 Å². The minimum atomic E-state index is -0.831. The second kappa shape index (κ2) is 5.18. The van der Waals surface area contributed by atoms with Crippen LogP contribution in [-0.2, 0) is 27.9 Å². The fraction of sp³-hybridized carbons (Fsp3) is 0.500. The van der Waals surface area contributed by atoms with Gasteiger partial charge in [-0.2, -0.15) is 0 Å². The third kappa shape index (κ3) is 2.47. The molecule has 122 valence electrons. The Kier molecular flexibility index (Phi) is 3.42. The fourth-order valence-electron chi connectivity index (χ4n) is 3.12. The van der Waals surface area contributed by atoms with E-state index in [4.69, 9.17) is 0 Å². The maximum absolute atomic E-state index is 12.4. The Labute approximate surface area is 130 Å². The molecule has 2 saturated heterocycles. The van der Waals surface area contributed by atoms with E-state index < -0.39 is 16.7 Å². The lowest BCUT2D eigenvalue weighted by molar-refractivity contribution is -0.131. The summed E-state index contributed by atoms with van der Waals surface area (Å²) in [5.41, 5.74) is -1.72. The lowest BCUT2D eigenvalue weighted by Crippen LogP contribution is -2.39. The Morgan fingerprint density at radius 3 is 2.70 bits per heavy atom. The molecule has 3 heterocycles. The standard InChI is InChI=1S/C14H16N4O5/c1-17-11(21)8(6-15-13(17)23)4-10(20)18-3-2-14(7-18)5-9(19)16-12(14)22/h6H,2-5,7H2,1H3,(H,15,23)(H,16,19,22)/t14-/m0/s1. The average Bonchev–Trinajstić information content (AvgIpc) is 3.04. The van der Waals surface area contributed by atoms with E-state index in [0.717, 1.165) is 4.57 Å². The normalized spacial score (nSPS) is 23.6. The van der Waals surface area contributed by atoms with Crippen LogP contribution in [-0.4, -0.2) is 45.3 Å². The molecule has 0 radical (unpaired) electrons. The second-order valence-electron chi connectivity index (χ2n) is 6.06. The van der Waals surface area contributed by atoms with Crippen molar-refractivity contribution in [2.75, 3.05) is 13.1 Å². The van der Waals surface area contributed by atoms with E-state index in [2.05, 4.69) is 10.3 Å². The number of rotatable bonds is 2. The molecular weight excluding hydrogens is 304 g/mol. The van der Waals surface area contributed by atoms with Crippen molar-refractivity contribution in [1.29, 1.82) is 0 Å². The minimum Gasteiger partial charge on any atom is -0.341 e. The van der Waals surface area contributed by atoms with E-state index in [0.29, 0.717) is 13.0 Å². The Balaban J connectivity index is 1.75. The van der Waals surface area contributed by atoms with E-state index >= 15 is 0 Å². The van der Waals surface area contributed by atoms with Gasteiger partial charge in [0.1, 0.15) is 0 Å². The molecule has 2 aliphatic heterocycles. The van der Waals surface area contributed by atoms with Gasteiger partial charge in [-0.1, -0.05) is 0 Å². The minimum absolute atomic E-state index is 0.0933. The van der Waals surface area contributed by atoms with Crippen molar-refractivity contribution in [3.8, 4) is 0 Å². The number of hydrogen-bond acceptors (Lipinski definition) is 5. The largest absolute Gasteiger partial charge is 0.341 e. The molecule has 0 saturated carbocycles. The Morgan fingerprint density at radius 1 is 1.30 bits per heavy atom. The molecule has 9 nitrogen and oxygen atoms in total. The van der Waals surface area contributed by atoms with Crippen LogP contribution >= 0.6 is 0 Å². The number of hydrogen-bond donors (Lipinski definition) is 2. The van der Waals surface area contributed by atoms with Crippen LogP contribution in [0.2, 0.25) is 0 Å². The zero-order chi connectivity index (χ0) is 16.8. The number of nitrogens with zero attached hydrogens (tertiary/aromatic N) is 2. The van der Waals surface area contributed by atoms with Gasteiger partial charge in [0, 0.05) is 38.3 Å². The van der Waals surface area contributed by atoms with Crippen LogP contribution in [0.1, 0.15) is 18.4 Å². The molecule has 1 aromatic rings. The Bertz CT molecular complexity index is 823. The van der Waals surface area contributed by atoms with Gasteiger partial charge >= 0.3 is 5.69 Å². The highest BCUT2D eigenvalue weighted by molar-refractivity contribution is 6.06. The number of likely N-dealkylation sites (tertiary alicyclic amines) is 1. The molecule has 2 aliphatic rings. The summed E-state index contributed by atoms with van der Waals surface area (Å²) >= 11 is 0. The van der Waals surface area contributed by atoms with Gasteiger partial charge in [-0.25, -0.2) is 4.79 Å². The molecule has 23 heavy (non-hydrogen) atoms. The highest BCUT2D eigenvalue weighted by atomic mass is 16.2. The SMILES string of the molecule is Cn1c(=O)[nH]cc(CC(=O)N2CC[C@]3(CC(=O)NC3=O)C2)c1=O.